The standard InChI is InChI=1S/C17H26N4/c1-6-14-11-15(7-2)21(20-14)16-13(9-8-10-18-16)12-19-17(3,4)5/h8-11,19H,6-7,12H2,1-5H3. The summed E-state index contributed by atoms with van der Waals surface area (Å²) < 4.78 is 2.00. The smallest absolute Gasteiger partial charge is 0.158 e. The summed E-state index contributed by atoms with van der Waals surface area (Å²) in [7, 11) is 0. The summed E-state index contributed by atoms with van der Waals surface area (Å²) in [5.74, 6) is 0.936. The van der Waals surface area contributed by atoms with Crippen LogP contribution < -0.4 is 5.32 Å². The van der Waals surface area contributed by atoms with Crippen LogP contribution in [0.3, 0.4) is 0 Å². The third-order valence-electron chi connectivity index (χ3n) is 3.44. The summed E-state index contributed by atoms with van der Waals surface area (Å²) >= 11 is 0. The van der Waals surface area contributed by atoms with E-state index in [4.69, 9.17) is 5.10 Å². The molecule has 114 valence electrons. The van der Waals surface area contributed by atoms with Crippen molar-refractivity contribution < 1.29 is 0 Å². The first kappa shape index (κ1) is 15.7. The highest BCUT2D eigenvalue weighted by Crippen LogP contribution is 2.17. The summed E-state index contributed by atoms with van der Waals surface area (Å²) in [6.45, 7) is 11.6. The first-order valence-electron chi connectivity index (χ1n) is 7.71. The van der Waals surface area contributed by atoms with Gasteiger partial charge in [0.05, 0.1) is 5.69 Å². The van der Waals surface area contributed by atoms with Gasteiger partial charge in [-0.2, -0.15) is 5.10 Å². The van der Waals surface area contributed by atoms with Gasteiger partial charge in [0.15, 0.2) is 5.82 Å². The Bertz CT molecular complexity index is 593. The Balaban J connectivity index is 2.37. The van der Waals surface area contributed by atoms with Gasteiger partial charge in [-0.1, -0.05) is 19.9 Å². The van der Waals surface area contributed by atoms with E-state index in [0.717, 1.165) is 30.9 Å². The van der Waals surface area contributed by atoms with Gasteiger partial charge in [-0.3, -0.25) is 0 Å². The van der Waals surface area contributed by atoms with E-state index in [1.165, 1.54) is 11.3 Å². The minimum absolute atomic E-state index is 0.0827. The zero-order valence-electron chi connectivity index (χ0n) is 13.8. The molecule has 0 aromatic carbocycles. The predicted octanol–water partition coefficient (Wildman–Crippen LogP) is 3.28. The second-order valence-corrected chi connectivity index (χ2v) is 6.34. The Hall–Kier alpha value is -1.68. The van der Waals surface area contributed by atoms with E-state index in [2.05, 4.69) is 57.1 Å². The molecule has 0 aliphatic heterocycles. The second-order valence-electron chi connectivity index (χ2n) is 6.34. The average molecular weight is 286 g/mol. The molecule has 21 heavy (non-hydrogen) atoms. The van der Waals surface area contributed by atoms with Crippen LogP contribution in [0.2, 0.25) is 0 Å². The zero-order chi connectivity index (χ0) is 15.5. The topological polar surface area (TPSA) is 42.7 Å². The maximum Gasteiger partial charge on any atom is 0.158 e. The molecule has 0 saturated carbocycles. The van der Waals surface area contributed by atoms with Crippen LogP contribution in [-0.4, -0.2) is 20.3 Å². The van der Waals surface area contributed by atoms with E-state index in [9.17, 15) is 0 Å². The monoisotopic (exact) mass is 286 g/mol. The van der Waals surface area contributed by atoms with Gasteiger partial charge in [-0.25, -0.2) is 9.67 Å². The van der Waals surface area contributed by atoms with Crippen LogP contribution >= 0.6 is 0 Å². The van der Waals surface area contributed by atoms with Crippen molar-refractivity contribution in [3.63, 3.8) is 0 Å². The summed E-state index contributed by atoms with van der Waals surface area (Å²) in [4.78, 5) is 4.57. The lowest BCUT2D eigenvalue weighted by Crippen LogP contribution is -2.35. The fraction of sp³-hybridized carbons (Fsp3) is 0.529. The van der Waals surface area contributed by atoms with Crippen LogP contribution in [0.15, 0.2) is 24.4 Å². The molecular weight excluding hydrogens is 260 g/mol. The third kappa shape index (κ3) is 3.91. The largest absolute Gasteiger partial charge is 0.308 e. The average Bonchev–Trinajstić information content (AvgIpc) is 2.88. The molecule has 4 nitrogen and oxygen atoms in total. The van der Waals surface area contributed by atoms with Crippen LogP contribution in [-0.2, 0) is 19.4 Å². The summed E-state index contributed by atoms with van der Waals surface area (Å²) in [6, 6.07) is 6.28. The SMILES string of the molecule is CCc1cc(CC)n(-c2ncccc2CNC(C)(C)C)n1. The molecule has 2 rings (SSSR count). The van der Waals surface area contributed by atoms with E-state index in [0.29, 0.717) is 0 Å². The Kier molecular flexibility index (Phi) is 4.78. The molecule has 0 spiro atoms. The lowest BCUT2D eigenvalue weighted by atomic mass is 10.1. The second kappa shape index (κ2) is 6.39. The van der Waals surface area contributed by atoms with Crippen LogP contribution in [0.25, 0.3) is 5.82 Å². The van der Waals surface area contributed by atoms with Crippen molar-refractivity contribution in [2.75, 3.05) is 0 Å². The van der Waals surface area contributed by atoms with E-state index in [1.54, 1.807) is 0 Å². The number of hydrogen-bond acceptors (Lipinski definition) is 3. The van der Waals surface area contributed by atoms with Crippen molar-refractivity contribution >= 4 is 0 Å². The first-order valence-corrected chi connectivity index (χ1v) is 7.71. The highest BCUT2D eigenvalue weighted by Gasteiger charge is 2.14. The highest BCUT2D eigenvalue weighted by atomic mass is 15.3. The van der Waals surface area contributed by atoms with Gasteiger partial charge in [0.1, 0.15) is 0 Å². The number of aromatic nitrogens is 3. The van der Waals surface area contributed by atoms with Gasteiger partial charge in [0.25, 0.3) is 0 Å². The van der Waals surface area contributed by atoms with Crippen molar-refractivity contribution in [2.24, 2.45) is 0 Å². The minimum Gasteiger partial charge on any atom is -0.308 e. The summed E-state index contributed by atoms with van der Waals surface area (Å²) in [5.41, 5.74) is 3.59. The molecule has 0 unspecified atom stereocenters. The molecule has 0 atom stereocenters. The number of aryl methyl sites for hydroxylation is 2. The highest BCUT2D eigenvalue weighted by molar-refractivity contribution is 5.35. The quantitative estimate of drug-likeness (QED) is 0.917. The lowest BCUT2D eigenvalue weighted by molar-refractivity contribution is 0.423. The van der Waals surface area contributed by atoms with Gasteiger partial charge >= 0.3 is 0 Å². The molecule has 4 heteroatoms. The Morgan fingerprint density at radius 3 is 2.57 bits per heavy atom. The molecule has 2 aromatic heterocycles. The first-order chi connectivity index (χ1) is 9.94. The Labute approximate surface area is 127 Å². The fourth-order valence-corrected chi connectivity index (χ4v) is 2.20. The number of rotatable bonds is 5. The van der Waals surface area contributed by atoms with Crippen molar-refractivity contribution in [2.45, 2.75) is 59.5 Å². The van der Waals surface area contributed by atoms with Crippen molar-refractivity contribution in [3.05, 3.63) is 41.3 Å². The lowest BCUT2D eigenvalue weighted by Gasteiger charge is -2.21. The van der Waals surface area contributed by atoms with Crippen molar-refractivity contribution in [1.82, 2.24) is 20.1 Å². The molecule has 0 bridgehead atoms. The third-order valence-corrected chi connectivity index (χ3v) is 3.44. The van der Waals surface area contributed by atoms with Crippen LogP contribution in [0.5, 0.6) is 0 Å². The number of hydrogen-bond donors (Lipinski definition) is 1. The molecule has 0 saturated heterocycles. The van der Waals surface area contributed by atoms with Crippen LogP contribution in [0.1, 0.15) is 51.6 Å². The molecule has 0 aliphatic carbocycles. The molecule has 0 radical (unpaired) electrons. The van der Waals surface area contributed by atoms with E-state index in [1.807, 2.05) is 16.9 Å². The summed E-state index contributed by atoms with van der Waals surface area (Å²) in [6.07, 6.45) is 3.74. The molecule has 0 amide bonds. The van der Waals surface area contributed by atoms with Gasteiger partial charge in [-0.15, -0.1) is 0 Å². The van der Waals surface area contributed by atoms with E-state index < -0.39 is 0 Å². The maximum absolute atomic E-state index is 4.70. The fourth-order valence-electron chi connectivity index (χ4n) is 2.20. The van der Waals surface area contributed by atoms with Gasteiger partial charge in [-0.05, 0) is 45.7 Å². The van der Waals surface area contributed by atoms with Crippen molar-refractivity contribution in [3.8, 4) is 5.82 Å². The number of nitrogens with zero attached hydrogens (tertiary/aromatic N) is 3. The van der Waals surface area contributed by atoms with E-state index in [-0.39, 0.29) is 5.54 Å². The van der Waals surface area contributed by atoms with Crippen LogP contribution in [0.4, 0.5) is 0 Å². The molecule has 2 aromatic rings. The Morgan fingerprint density at radius 2 is 1.95 bits per heavy atom. The molecule has 2 heterocycles. The normalized spacial score (nSPS) is 11.9. The molecule has 0 aliphatic rings. The van der Waals surface area contributed by atoms with Crippen molar-refractivity contribution in [1.29, 1.82) is 0 Å². The molecule has 1 N–H and O–H groups in total. The van der Waals surface area contributed by atoms with Crippen LogP contribution in [0, 0.1) is 0 Å². The van der Waals surface area contributed by atoms with Gasteiger partial charge in [0, 0.05) is 29.5 Å². The Morgan fingerprint density at radius 1 is 1.19 bits per heavy atom. The predicted molar refractivity (Wildman–Crippen MR) is 86.7 cm³/mol. The minimum atomic E-state index is 0.0827. The van der Waals surface area contributed by atoms with Gasteiger partial charge < -0.3 is 5.32 Å². The molecular formula is C17H26N4. The maximum atomic E-state index is 4.70. The number of nitrogens with one attached hydrogen (secondary N) is 1. The molecule has 0 fully saturated rings. The van der Waals surface area contributed by atoms with E-state index >= 15 is 0 Å². The summed E-state index contributed by atoms with van der Waals surface area (Å²) in [5, 5.41) is 8.23. The zero-order valence-corrected chi connectivity index (χ0v) is 13.8. The number of pyridine rings is 1. The van der Waals surface area contributed by atoms with Gasteiger partial charge in [0.2, 0.25) is 0 Å².